The Kier molecular flexibility index (Phi) is 8.45. The zero-order valence-electron chi connectivity index (χ0n) is 17.9. The maximum atomic E-state index is 12.8. The minimum absolute atomic E-state index is 0.00148. The summed E-state index contributed by atoms with van der Waals surface area (Å²) in [5, 5.41) is 4.64. The van der Waals surface area contributed by atoms with Crippen molar-refractivity contribution in [3.05, 3.63) is 76.5 Å². The van der Waals surface area contributed by atoms with Gasteiger partial charge in [-0.25, -0.2) is 13.2 Å². The van der Waals surface area contributed by atoms with Crippen molar-refractivity contribution in [2.45, 2.75) is 18.2 Å². The first-order chi connectivity index (χ1) is 15.9. The van der Waals surface area contributed by atoms with E-state index in [4.69, 9.17) is 9.47 Å². The highest BCUT2D eigenvalue weighted by Gasteiger charge is 2.20. The molecule has 10 heteroatoms. The molecule has 0 radical (unpaired) electrons. The van der Waals surface area contributed by atoms with E-state index in [9.17, 15) is 18.0 Å². The van der Waals surface area contributed by atoms with Crippen molar-refractivity contribution in [2.24, 2.45) is 0 Å². The smallest absolute Gasteiger partial charge is 0.340 e. The number of para-hydroxylation sites is 1. The van der Waals surface area contributed by atoms with Crippen molar-refractivity contribution in [2.75, 3.05) is 24.5 Å². The lowest BCUT2D eigenvalue weighted by atomic mass is 10.2. The average molecular weight is 489 g/mol. The first-order valence-electron chi connectivity index (χ1n) is 10.2. The van der Waals surface area contributed by atoms with Crippen LogP contribution in [0.3, 0.4) is 0 Å². The van der Waals surface area contributed by atoms with Gasteiger partial charge in [-0.3, -0.25) is 9.52 Å². The average Bonchev–Trinajstić information content (AvgIpc) is 3.32. The van der Waals surface area contributed by atoms with E-state index in [-0.39, 0.29) is 16.1 Å². The Morgan fingerprint density at radius 2 is 1.76 bits per heavy atom. The van der Waals surface area contributed by atoms with Crippen LogP contribution in [-0.4, -0.2) is 40.1 Å². The molecule has 2 aromatic carbocycles. The van der Waals surface area contributed by atoms with E-state index in [1.807, 2.05) is 24.4 Å². The van der Waals surface area contributed by atoms with E-state index < -0.39 is 28.5 Å². The van der Waals surface area contributed by atoms with Gasteiger partial charge >= 0.3 is 5.97 Å². The minimum Gasteiger partial charge on any atom is -0.494 e. The highest BCUT2D eigenvalue weighted by atomic mass is 32.2. The van der Waals surface area contributed by atoms with E-state index in [0.717, 1.165) is 4.88 Å². The van der Waals surface area contributed by atoms with Crippen molar-refractivity contribution in [3.63, 3.8) is 0 Å². The number of amides is 1. The molecule has 1 heterocycles. The van der Waals surface area contributed by atoms with Gasteiger partial charge in [0.05, 0.1) is 22.8 Å². The van der Waals surface area contributed by atoms with Crippen LogP contribution in [0.5, 0.6) is 5.75 Å². The highest BCUT2D eigenvalue weighted by Crippen LogP contribution is 2.22. The zero-order chi connectivity index (χ0) is 23.7. The molecule has 33 heavy (non-hydrogen) atoms. The Balaban J connectivity index is 1.59. The molecular weight excluding hydrogens is 464 g/mol. The summed E-state index contributed by atoms with van der Waals surface area (Å²) in [6, 6.07) is 15.9. The summed E-state index contributed by atoms with van der Waals surface area (Å²) < 4.78 is 38.3. The summed E-state index contributed by atoms with van der Waals surface area (Å²) in [6.45, 7) is 2.25. The van der Waals surface area contributed by atoms with Crippen LogP contribution in [0, 0.1) is 0 Å². The molecule has 0 saturated carbocycles. The van der Waals surface area contributed by atoms with Crippen LogP contribution in [0.25, 0.3) is 0 Å². The second kappa shape index (κ2) is 11.5. The third kappa shape index (κ3) is 7.06. The molecule has 174 valence electrons. The standard InChI is InChI=1S/C23H24N2O6S2/c1-2-30-17-9-11-19(12-10-17)33(28,29)25-21-8-4-3-7-20(21)23(27)31-16-22(26)24-14-13-18-6-5-15-32-18/h3-12,15,25H,2,13-14,16H2,1H3,(H,24,26). The molecule has 1 amide bonds. The molecule has 3 aromatic rings. The monoisotopic (exact) mass is 488 g/mol. The molecule has 8 nitrogen and oxygen atoms in total. The molecule has 3 rings (SSSR count). The molecule has 0 atom stereocenters. The van der Waals surface area contributed by atoms with Gasteiger partial charge in [0.25, 0.3) is 15.9 Å². The number of carbonyl (C=O) groups excluding carboxylic acids is 2. The lowest BCUT2D eigenvalue weighted by Gasteiger charge is -2.13. The van der Waals surface area contributed by atoms with Crippen molar-refractivity contribution in [3.8, 4) is 5.75 Å². The molecule has 2 N–H and O–H groups in total. The quantitative estimate of drug-likeness (QED) is 0.400. The topological polar surface area (TPSA) is 111 Å². The second-order valence-electron chi connectivity index (χ2n) is 6.81. The number of carbonyl (C=O) groups is 2. The molecule has 0 aliphatic carbocycles. The Morgan fingerprint density at radius 1 is 1.00 bits per heavy atom. The molecule has 0 bridgehead atoms. The Morgan fingerprint density at radius 3 is 2.45 bits per heavy atom. The van der Waals surface area contributed by atoms with Crippen LogP contribution in [0.4, 0.5) is 5.69 Å². The van der Waals surface area contributed by atoms with Gasteiger partial charge < -0.3 is 14.8 Å². The van der Waals surface area contributed by atoms with Crippen LogP contribution in [0.15, 0.2) is 70.9 Å². The molecule has 0 aliphatic heterocycles. The van der Waals surface area contributed by atoms with Gasteiger partial charge in [-0.1, -0.05) is 18.2 Å². The lowest BCUT2D eigenvalue weighted by molar-refractivity contribution is -0.124. The second-order valence-corrected chi connectivity index (χ2v) is 9.53. The molecule has 0 unspecified atom stereocenters. The third-order valence-electron chi connectivity index (χ3n) is 4.44. The van der Waals surface area contributed by atoms with Crippen LogP contribution in [0.2, 0.25) is 0 Å². The van der Waals surface area contributed by atoms with E-state index in [1.165, 1.54) is 24.3 Å². The third-order valence-corrected chi connectivity index (χ3v) is 6.76. The molecule has 0 aliphatic rings. The van der Waals surface area contributed by atoms with Crippen molar-refractivity contribution < 1.29 is 27.5 Å². The molecule has 1 aromatic heterocycles. The fourth-order valence-electron chi connectivity index (χ4n) is 2.88. The number of sulfonamides is 1. The van der Waals surface area contributed by atoms with Gasteiger partial charge in [-0.15, -0.1) is 11.3 Å². The van der Waals surface area contributed by atoms with Gasteiger partial charge in [0.1, 0.15) is 5.75 Å². The predicted octanol–water partition coefficient (Wildman–Crippen LogP) is 3.46. The fourth-order valence-corrected chi connectivity index (χ4v) is 4.66. The Hall–Kier alpha value is -3.37. The summed E-state index contributed by atoms with van der Waals surface area (Å²) in [5.41, 5.74) is 0.0490. The number of anilines is 1. The zero-order valence-corrected chi connectivity index (χ0v) is 19.6. The number of thiophene rings is 1. The van der Waals surface area contributed by atoms with Crippen LogP contribution >= 0.6 is 11.3 Å². The number of hydrogen-bond donors (Lipinski definition) is 2. The van der Waals surface area contributed by atoms with Crippen molar-refractivity contribution >= 4 is 38.9 Å². The Labute approximate surface area is 196 Å². The Bertz CT molecular complexity index is 1180. The minimum atomic E-state index is -3.96. The molecule has 0 saturated heterocycles. The maximum Gasteiger partial charge on any atom is 0.340 e. The number of nitrogens with one attached hydrogen (secondary N) is 2. The first-order valence-corrected chi connectivity index (χ1v) is 12.6. The number of ether oxygens (including phenoxy) is 2. The van der Waals surface area contributed by atoms with E-state index in [1.54, 1.807) is 35.6 Å². The van der Waals surface area contributed by atoms with E-state index >= 15 is 0 Å². The van der Waals surface area contributed by atoms with Crippen LogP contribution in [-0.2, 0) is 26.0 Å². The van der Waals surface area contributed by atoms with E-state index in [2.05, 4.69) is 10.0 Å². The van der Waals surface area contributed by atoms with Crippen LogP contribution < -0.4 is 14.8 Å². The van der Waals surface area contributed by atoms with Gasteiger partial charge in [0.2, 0.25) is 0 Å². The molecule has 0 spiro atoms. The SMILES string of the molecule is CCOc1ccc(S(=O)(=O)Nc2ccccc2C(=O)OCC(=O)NCCc2cccs2)cc1. The lowest BCUT2D eigenvalue weighted by Crippen LogP contribution is -2.30. The summed E-state index contributed by atoms with van der Waals surface area (Å²) >= 11 is 1.60. The van der Waals surface area contributed by atoms with Crippen molar-refractivity contribution in [1.82, 2.24) is 5.32 Å². The number of benzene rings is 2. The summed E-state index contributed by atoms with van der Waals surface area (Å²) in [5.74, 6) is -0.699. The predicted molar refractivity (Wildman–Crippen MR) is 126 cm³/mol. The van der Waals surface area contributed by atoms with Gasteiger partial charge in [-0.2, -0.15) is 0 Å². The number of hydrogen-bond acceptors (Lipinski definition) is 7. The molecular formula is C23H24N2O6S2. The van der Waals surface area contributed by atoms with Gasteiger partial charge in [0.15, 0.2) is 6.61 Å². The summed E-state index contributed by atoms with van der Waals surface area (Å²) in [7, 11) is -3.96. The molecule has 0 fully saturated rings. The van der Waals surface area contributed by atoms with Crippen LogP contribution in [0.1, 0.15) is 22.2 Å². The largest absolute Gasteiger partial charge is 0.494 e. The van der Waals surface area contributed by atoms with Crippen molar-refractivity contribution in [1.29, 1.82) is 0 Å². The number of esters is 1. The normalized spacial score (nSPS) is 10.9. The fraction of sp³-hybridized carbons (Fsp3) is 0.217. The van der Waals surface area contributed by atoms with Gasteiger partial charge in [-0.05, 0) is 61.2 Å². The maximum absolute atomic E-state index is 12.8. The van der Waals surface area contributed by atoms with Gasteiger partial charge in [0, 0.05) is 11.4 Å². The highest BCUT2D eigenvalue weighted by molar-refractivity contribution is 7.92. The summed E-state index contributed by atoms with van der Waals surface area (Å²) in [4.78, 5) is 25.6. The summed E-state index contributed by atoms with van der Waals surface area (Å²) in [6.07, 6.45) is 0.688. The number of rotatable bonds is 11. The van der Waals surface area contributed by atoms with E-state index in [0.29, 0.717) is 25.3 Å². The first kappa shape index (κ1) is 24.3.